The van der Waals surface area contributed by atoms with Gasteiger partial charge in [-0.2, -0.15) is 0 Å². The van der Waals surface area contributed by atoms with Crippen LogP contribution >= 0.6 is 7.60 Å². The Bertz CT molecular complexity index is 254. The number of hydrogen-bond donors (Lipinski definition) is 0. The molecule has 0 spiro atoms. The van der Waals surface area contributed by atoms with Crippen LogP contribution in [0.1, 0.15) is 66.2 Å². The Balaban J connectivity index is 4.76. The summed E-state index contributed by atoms with van der Waals surface area (Å²) in [6.07, 6.45) is 6.57. The van der Waals surface area contributed by atoms with E-state index in [0.29, 0.717) is 13.2 Å². The van der Waals surface area contributed by atoms with Crippen LogP contribution in [0.2, 0.25) is 0 Å². The van der Waals surface area contributed by atoms with Gasteiger partial charge >= 0.3 is 7.60 Å². The largest absolute Gasteiger partial charge is 0.354 e. The standard InChI is InChI=1S/C14H29O3P/c1-5-9-11-14(12-10-6-2)13-18(15,16-7-3)17-8-4/h13H,5-12H2,1-4H3. The number of hydrogen-bond acceptors (Lipinski definition) is 3. The van der Waals surface area contributed by atoms with E-state index in [4.69, 9.17) is 9.05 Å². The molecule has 108 valence electrons. The van der Waals surface area contributed by atoms with Crippen LogP contribution in [-0.2, 0) is 13.6 Å². The van der Waals surface area contributed by atoms with Gasteiger partial charge in [0.05, 0.1) is 13.2 Å². The van der Waals surface area contributed by atoms with Gasteiger partial charge in [-0.15, -0.1) is 0 Å². The lowest BCUT2D eigenvalue weighted by Crippen LogP contribution is -1.95. The molecule has 3 nitrogen and oxygen atoms in total. The molecule has 0 N–H and O–H groups in total. The van der Waals surface area contributed by atoms with Gasteiger partial charge < -0.3 is 9.05 Å². The molecule has 0 aliphatic carbocycles. The molecule has 0 aliphatic rings. The molecule has 18 heavy (non-hydrogen) atoms. The summed E-state index contributed by atoms with van der Waals surface area (Å²) in [6.45, 7) is 8.87. The molecule has 0 aromatic rings. The fourth-order valence-electron chi connectivity index (χ4n) is 1.76. The third kappa shape index (κ3) is 8.07. The van der Waals surface area contributed by atoms with E-state index in [1.807, 2.05) is 13.8 Å². The van der Waals surface area contributed by atoms with Crippen LogP contribution in [0.15, 0.2) is 11.4 Å². The van der Waals surface area contributed by atoms with Crippen molar-refractivity contribution < 1.29 is 13.6 Å². The average molecular weight is 276 g/mol. The van der Waals surface area contributed by atoms with Gasteiger partial charge in [-0.1, -0.05) is 32.3 Å². The molecule has 0 saturated heterocycles. The topological polar surface area (TPSA) is 35.5 Å². The molecule has 0 amide bonds. The predicted octanol–water partition coefficient (Wildman–Crippen LogP) is 5.52. The van der Waals surface area contributed by atoms with Crippen molar-refractivity contribution in [1.82, 2.24) is 0 Å². The Labute approximate surface area is 112 Å². The second-order valence-corrected chi connectivity index (χ2v) is 6.22. The lowest BCUT2D eigenvalue weighted by atomic mass is 10.1. The van der Waals surface area contributed by atoms with Crippen LogP contribution in [-0.4, -0.2) is 13.2 Å². The summed E-state index contributed by atoms with van der Waals surface area (Å²) in [5, 5.41) is 0. The van der Waals surface area contributed by atoms with E-state index in [-0.39, 0.29) is 0 Å². The molecule has 0 saturated carbocycles. The van der Waals surface area contributed by atoms with Crippen LogP contribution in [0.5, 0.6) is 0 Å². The van der Waals surface area contributed by atoms with Crippen LogP contribution in [0.4, 0.5) is 0 Å². The lowest BCUT2D eigenvalue weighted by Gasteiger charge is -2.15. The summed E-state index contributed by atoms with van der Waals surface area (Å²) in [4.78, 5) is 0. The van der Waals surface area contributed by atoms with Crippen LogP contribution in [0.3, 0.4) is 0 Å². The minimum atomic E-state index is -3.02. The smallest absolute Gasteiger partial charge is 0.306 e. The molecule has 0 atom stereocenters. The third-order valence-corrected chi connectivity index (χ3v) is 4.58. The molecule has 0 heterocycles. The molecule has 4 heteroatoms. The summed E-state index contributed by atoms with van der Waals surface area (Å²) in [5.74, 6) is 1.77. The van der Waals surface area contributed by atoms with Crippen molar-refractivity contribution in [1.29, 1.82) is 0 Å². The maximum atomic E-state index is 12.4. The Kier molecular flexibility index (Phi) is 10.7. The van der Waals surface area contributed by atoms with Gasteiger partial charge in [-0.25, -0.2) is 0 Å². The predicted molar refractivity (Wildman–Crippen MR) is 78.0 cm³/mol. The van der Waals surface area contributed by atoms with Gasteiger partial charge in [-0.05, 0) is 39.5 Å². The molecular weight excluding hydrogens is 247 g/mol. The highest BCUT2D eigenvalue weighted by Gasteiger charge is 2.20. The van der Waals surface area contributed by atoms with Crippen molar-refractivity contribution in [2.75, 3.05) is 13.2 Å². The van der Waals surface area contributed by atoms with Gasteiger partial charge in [0.2, 0.25) is 0 Å². The van der Waals surface area contributed by atoms with Gasteiger partial charge in [0, 0.05) is 5.82 Å². The second kappa shape index (κ2) is 10.8. The summed E-state index contributed by atoms with van der Waals surface area (Å²) >= 11 is 0. The molecule has 0 bridgehead atoms. The number of unbranched alkanes of at least 4 members (excludes halogenated alkanes) is 2. The van der Waals surface area contributed by atoms with E-state index < -0.39 is 7.60 Å². The van der Waals surface area contributed by atoms with E-state index in [1.54, 1.807) is 5.82 Å². The summed E-state index contributed by atoms with van der Waals surface area (Å²) in [5.41, 5.74) is 1.23. The molecule has 0 aromatic heterocycles. The Morgan fingerprint density at radius 3 is 1.72 bits per heavy atom. The van der Waals surface area contributed by atoms with Crippen molar-refractivity contribution in [3.63, 3.8) is 0 Å². The van der Waals surface area contributed by atoms with Crippen molar-refractivity contribution in [2.24, 2.45) is 0 Å². The SMILES string of the molecule is CCCCC(=CP(=O)(OCC)OCC)CCCC. The van der Waals surface area contributed by atoms with E-state index in [9.17, 15) is 4.57 Å². The summed E-state index contributed by atoms with van der Waals surface area (Å²) in [7, 11) is -3.02. The van der Waals surface area contributed by atoms with Crippen molar-refractivity contribution in [3.05, 3.63) is 11.4 Å². The van der Waals surface area contributed by atoms with Crippen LogP contribution < -0.4 is 0 Å². The molecule has 0 aromatic carbocycles. The number of rotatable bonds is 11. The van der Waals surface area contributed by atoms with Gasteiger partial charge in [0.15, 0.2) is 0 Å². The first-order chi connectivity index (χ1) is 8.61. The quantitative estimate of drug-likeness (QED) is 0.466. The molecule has 0 unspecified atom stereocenters. The average Bonchev–Trinajstić information content (AvgIpc) is 2.33. The number of allylic oxidation sites excluding steroid dienone is 1. The van der Waals surface area contributed by atoms with Gasteiger partial charge in [0.25, 0.3) is 0 Å². The molecule has 0 fully saturated rings. The maximum Gasteiger partial charge on any atom is 0.354 e. The molecule has 0 rings (SSSR count). The van der Waals surface area contributed by atoms with Crippen LogP contribution in [0, 0.1) is 0 Å². The van der Waals surface area contributed by atoms with Gasteiger partial charge in [0.1, 0.15) is 0 Å². The first kappa shape index (κ1) is 17.9. The summed E-state index contributed by atoms with van der Waals surface area (Å²) < 4.78 is 23.1. The molecule has 0 radical (unpaired) electrons. The molecule has 0 aliphatic heterocycles. The van der Waals surface area contributed by atoms with E-state index >= 15 is 0 Å². The maximum absolute atomic E-state index is 12.4. The lowest BCUT2D eigenvalue weighted by molar-refractivity contribution is 0.228. The third-order valence-electron chi connectivity index (χ3n) is 2.66. The highest BCUT2D eigenvalue weighted by atomic mass is 31.2. The zero-order chi connectivity index (χ0) is 13.9. The van der Waals surface area contributed by atoms with Crippen molar-refractivity contribution in [2.45, 2.75) is 66.2 Å². The fraction of sp³-hybridized carbons (Fsp3) is 0.857. The zero-order valence-electron chi connectivity index (χ0n) is 12.4. The van der Waals surface area contributed by atoms with Crippen LogP contribution in [0.25, 0.3) is 0 Å². The Morgan fingerprint density at radius 2 is 1.39 bits per heavy atom. The van der Waals surface area contributed by atoms with Crippen molar-refractivity contribution in [3.8, 4) is 0 Å². The minimum Gasteiger partial charge on any atom is -0.306 e. The van der Waals surface area contributed by atoms with E-state index in [2.05, 4.69) is 13.8 Å². The first-order valence-corrected chi connectivity index (χ1v) is 8.82. The van der Waals surface area contributed by atoms with E-state index in [0.717, 1.165) is 38.5 Å². The van der Waals surface area contributed by atoms with Gasteiger partial charge in [-0.3, -0.25) is 4.57 Å². The minimum absolute atomic E-state index is 0.419. The summed E-state index contributed by atoms with van der Waals surface area (Å²) in [6, 6.07) is 0. The zero-order valence-corrected chi connectivity index (χ0v) is 13.3. The second-order valence-electron chi connectivity index (χ2n) is 4.37. The Morgan fingerprint density at radius 1 is 0.944 bits per heavy atom. The fourth-order valence-corrected chi connectivity index (χ4v) is 3.41. The molecular formula is C14H29O3P. The highest BCUT2D eigenvalue weighted by Crippen LogP contribution is 2.51. The van der Waals surface area contributed by atoms with E-state index in [1.165, 1.54) is 5.57 Å². The first-order valence-electron chi connectivity index (χ1n) is 7.21. The normalized spacial score (nSPS) is 11.6. The monoisotopic (exact) mass is 276 g/mol. The van der Waals surface area contributed by atoms with Crippen molar-refractivity contribution >= 4 is 7.60 Å². The highest BCUT2D eigenvalue weighted by molar-refractivity contribution is 7.57. The Hall–Kier alpha value is -0.110.